The van der Waals surface area contributed by atoms with Crippen LogP contribution in [0.1, 0.15) is 5.69 Å². The van der Waals surface area contributed by atoms with Crippen molar-refractivity contribution < 1.29 is 0 Å². The lowest BCUT2D eigenvalue weighted by Gasteiger charge is -2.10. The summed E-state index contributed by atoms with van der Waals surface area (Å²) in [5.41, 5.74) is 5.62. The molecule has 0 bridgehead atoms. The fraction of sp³-hybridized carbons (Fsp3) is 0. The highest BCUT2D eigenvalue weighted by Gasteiger charge is 2.09. The van der Waals surface area contributed by atoms with E-state index in [9.17, 15) is 0 Å². The van der Waals surface area contributed by atoms with E-state index in [-0.39, 0.29) is 0 Å². The maximum atomic E-state index is 3.79. The first-order chi connectivity index (χ1) is 12.8. The molecule has 4 aromatic rings. The van der Waals surface area contributed by atoms with E-state index < -0.39 is 0 Å². The highest BCUT2D eigenvalue weighted by atomic mass is 15.0. The molecule has 0 saturated heterocycles. The summed E-state index contributed by atoms with van der Waals surface area (Å²) in [6, 6.07) is 29.3. The van der Waals surface area contributed by atoms with E-state index in [4.69, 9.17) is 0 Å². The van der Waals surface area contributed by atoms with Crippen LogP contribution in [0.3, 0.4) is 0 Å². The minimum absolute atomic E-state index is 1.08. The summed E-state index contributed by atoms with van der Waals surface area (Å²) in [4.78, 5) is 0. The second kappa shape index (κ2) is 7.16. The van der Waals surface area contributed by atoms with Gasteiger partial charge < -0.3 is 9.88 Å². The van der Waals surface area contributed by atoms with Crippen molar-refractivity contribution in [2.75, 3.05) is 5.32 Å². The van der Waals surface area contributed by atoms with Crippen LogP contribution in [0, 0.1) is 0 Å². The molecule has 0 radical (unpaired) electrons. The van der Waals surface area contributed by atoms with Gasteiger partial charge in [0.25, 0.3) is 0 Å². The highest BCUT2D eigenvalue weighted by Crippen LogP contribution is 2.29. The highest BCUT2D eigenvalue weighted by molar-refractivity contribution is 5.89. The molecule has 0 fully saturated rings. The number of nitrogens with zero attached hydrogens (tertiary/aromatic N) is 1. The van der Waals surface area contributed by atoms with Gasteiger partial charge in [0.1, 0.15) is 0 Å². The Kier molecular flexibility index (Phi) is 4.40. The third kappa shape index (κ3) is 3.17. The van der Waals surface area contributed by atoms with Crippen molar-refractivity contribution in [3.05, 3.63) is 109 Å². The summed E-state index contributed by atoms with van der Waals surface area (Å²) >= 11 is 0. The summed E-state index contributed by atoms with van der Waals surface area (Å²) in [7, 11) is 0. The number of fused-ring (bicyclic) bond motifs is 1. The molecule has 0 atom stereocenters. The van der Waals surface area contributed by atoms with E-state index in [0.717, 1.165) is 22.8 Å². The first-order valence-electron chi connectivity index (χ1n) is 8.67. The smallest absolute Gasteiger partial charge is 0.0536 e. The van der Waals surface area contributed by atoms with E-state index >= 15 is 0 Å². The summed E-state index contributed by atoms with van der Waals surface area (Å²) in [6.07, 6.45) is 5.86. The molecule has 1 aromatic heterocycles. The largest absolute Gasteiger partial charge is 0.356 e. The zero-order valence-electron chi connectivity index (χ0n) is 14.5. The molecule has 0 saturated carbocycles. The van der Waals surface area contributed by atoms with Gasteiger partial charge in [0.2, 0.25) is 0 Å². The van der Waals surface area contributed by atoms with Crippen LogP contribution in [0.5, 0.6) is 0 Å². The Hall–Kier alpha value is -3.52. The van der Waals surface area contributed by atoms with Gasteiger partial charge in [-0.15, -0.1) is 0 Å². The van der Waals surface area contributed by atoms with Crippen LogP contribution in [-0.2, 0) is 0 Å². The molecule has 1 N–H and O–H groups in total. The number of benzene rings is 3. The fourth-order valence-corrected chi connectivity index (χ4v) is 3.16. The van der Waals surface area contributed by atoms with Gasteiger partial charge in [-0.2, -0.15) is 0 Å². The zero-order chi connectivity index (χ0) is 17.8. The minimum atomic E-state index is 1.08. The Morgan fingerprint density at radius 3 is 2.23 bits per heavy atom. The number of hydrogen-bond acceptors (Lipinski definition) is 1. The van der Waals surface area contributed by atoms with Crippen LogP contribution in [0.15, 0.2) is 104 Å². The molecular weight excluding hydrogens is 316 g/mol. The van der Waals surface area contributed by atoms with Crippen molar-refractivity contribution in [3.8, 4) is 5.69 Å². The third-order valence-corrected chi connectivity index (χ3v) is 4.31. The minimum Gasteiger partial charge on any atom is -0.356 e. The number of rotatable bonds is 5. The van der Waals surface area contributed by atoms with Gasteiger partial charge in [0.15, 0.2) is 0 Å². The standard InChI is InChI=1S/C24H20N2/c1-2-3-12-23-18-19-17-21(25-20-10-6-4-7-11-20)15-16-24(19)26(23)22-13-8-5-9-14-22/h2-18,25H,1H2/b12-3-. The van der Waals surface area contributed by atoms with Gasteiger partial charge >= 0.3 is 0 Å². The number of nitrogens with one attached hydrogen (secondary N) is 1. The maximum Gasteiger partial charge on any atom is 0.0536 e. The lowest BCUT2D eigenvalue weighted by Crippen LogP contribution is -1.96. The van der Waals surface area contributed by atoms with E-state index in [1.807, 2.05) is 30.3 Å². The van der Waals surface area contributed by atoms with Crippen molar-refractivity contribution in [3.63, 3.8) is 0 Å². The molecule has 0 unspecified atom stereocenters. The van der Waals surface area contributed by atoms with Gasteiger partial charge in [-0.1, -0.05) is 55.1 Å². The molecule has 26 heavy (non-hydrogen) atoms. The van der Waals surface area contributed by atoms with Gasteiger partial charge in [0.05, 0.1) is 5.52 Å². The second-order valence-electron chi connectivity index (χ2n) is 6.10. The molecule has 0 amide bonds. The molecule has 4 rings (SSSR count). The predicted molar refractivity (Wildman–Crippen MR) is 112 cm³/mol. The number of hydrogen-bond donors (Lipinski definition) is 1. The number of aromatic nitrogens is 1. The predicted octanol–water partition coefficient (Wildman–Crippen LogP) is 6.57. The van der Waals surface area contributed by atoms with E-state index in [2.05, 4.69) is 83.2 Å². The maximum absolute atomic E-state index is 3.79. The van der Waals surface area contributed by atoms with Gasteiger partial charge in [-0.05, 0) is 54.6 Å². The van der Waals surface area contributed by atoms with Crippen LogP contribution in [0.25, 0.3) is 22.7 Å². The first kappa shape index (κ1) is 16.0. The molecule has 0 spiro atoms. The normalized spacial score (nSPS) is 11.1. The quantitative estimate of drug-likeness (QED) is 0.408. The fourth-order valence-electron chi connectivity index (χ4n) is 3.16. The molecule has 0 aliphatic heterocycles. The van der Waals surface area contributed by atoms with Crippen LogP contribution < -0.4 is 5.32 Å². The number of para-hydroxylation sites is 2. The van der Waals surface area contributed by atoms with Gasteiger partial charge in [-0.25, -0.2) is 0 Å². The van der Waals surface area contributed by atoms with E-state index in [1.54, 1.807) is 6.08 Å². The summed E-state index contributed by atoms with van der Waals surface area (Å²) in [5.74, 6) is 0. The van der Waals surface area contributed by atoms with Crippen molar-refractivity contribution in [2.45, 2.75) is 0 Å². The van der Waals surface area contributed by atoms with Crippen LogP contribution in [0.2, 0.25) is 0 Å². The number of allylic oxidation sites excluding steroid dienone is 2. The van der Waals surface area contributed by atoms with E-state index in [1.165, 1.54) is 10.9 Å². The molecular formula is C24H20N2. The van der Waals surface area contributed by atoms with Crippen LogP contribution >= 0.6 is 0 Å². The molecule has 126 valence electrons. The summed E-state index contributed by atoms with van der Waals surface area (Å²) in [6.45, 7) is 3.79. The topological polar surface area (TPSA) is 17.0 Å². The van der Waals surface area contributed by atoms with Crippen LogP contribution in [-0.4, -0.2) is 4.57 Å². The molecule has 0 aliphatic carbocycles. The molecule has 3 aromatic carbocycles. The Morgan fingerprint density at radius 2 is 1.50 bits per heavy atom. The average Bonchev–Trinajstić information content (AvgIpc) is 3.05. The molecule has 0 aliphatic rings. The Bertz CT molecular complexity index is 1060. The average molecular weight is 336 g/mol. The Labute approximate surface area is 153 Å². The molecule has 2 nitrogen and oxygen atoms in total. The SMILES string of the molecule is C=C/C=C\c1cc2cc(Nc3ccccc3)ccc2n1-c1ccccc1. The first-order valence-corrected chi connectivity index (χ1v) is 8.67. The lowest BCUT2D eigenvalue weighted by atomic mass is 10.2. The van der Waals surface area contributed by atoms with Crippen molar-refractivity contribution in [2.24, 2.45) is 0 Å². The van der Waals surface area contributed by atoms with E-state index in [0.29, 0.717) is 0 Å². The van der Waals surface area contributed by atoms with Crippen molar-refractivity contribution in [1.82, 2.24) is 4.57 Å². The summed E-state index contributed by atoms with van der Waals surface area (Å²) in [5, 5.41) is 4.66. The Morgan fingerprint density at radius 1 is 0.769 bits per heavy atom. The number of anilines is 2. The summed E-state index contributed by atoms with van der Waals surface area (Å²) < 4.78 is 2.27. The third-order valence-electron chi connectivity index (χ3n) is 4.31. The van der Waals surface area contributed by atoms with Crippen LogP contribution in [0.4, 0.5) is 11.4 Å². The Balaban J connectivity index is 1.82. The van der Waals surface area contributed by atoms with Gasteiger partial charge in [0, 0.05) is 28.1 Å². The van der Waals surface area contributed by atoms with Gasteiger partial charge in [-0.3, -0.25) is 0 Å². The zero-order valence-corrected chi connectivity index (χ0v) is 14.5. The second-order valence-corrected chi connectivity index (χ2v) is 6.10. The van der Waals surface area contributed by atoms with Crippen molar-refractivity contribution >= 4 is 28.4 Å². The lowest BCUT2D eigenvalue weighted by molar-refractivity contribution is 1.11. The van der Waals surface area contributed by atoms with Crippen molar-refractivity contribution in [1.29, 1.82) is 0 Å². The monoisotopic (exact) mass is 336 g/mol. The molecule has 1 heterocycles. The molecule has 2 heteroatoms.